The van der Waals surface area contributed by atoms with E-state index in [9.17, 15) is 4.79 Å². The largest absolute Gasteiger partial charge is 0.484 e. The first-order chi connectivity index (χ1) is 14.6. The Morgan fingerprint density at radius 1 is 1.17 bits per heavy atom. The second-order valence-electron chi connectivity index (χ2n) is 8.25. The maximum Gasteiger partial charge on any atom is 0.262 e. The summed E-state index contributed by atoms with van der Waals surface area (Å²) in [7, 11) is 2.07. The number of quaternary nitrogens is 1. The van der Waals surface area contributed by atoms with Crippen LogP contribution in [0.5, 0.6) is 5.75 Å². The lowest BCUT2D eigenvalue weighted by molar-refractivity contribution is -0.904. The van der Waals surface area contributed by atoms with Crippen molar-refractivity contribution in [1.82, 2.24) is 9.55 Å². The fourth-order valence-electron chi connectivity index (χ4n) is 4.19. The summed E-state index contributed by atoms with van der Waals surface area (Å²) in [5.41, 5.74) is 3.85. The van der Waals surface area contributed by atoms with Crippen LogP contribution in [-0.4, -0.2) is 41.7 Å². The Morgan fingerprint density at radius 3 is 2.80 bits per heavy atom. The molecular weight excluding hydrogens is 376 g/mol. The molecule has 2 N–H and O–H groups in total. The van der Waals surface area contributed by atoms with Gasteiger partial charge in [-0.05, 0) is 62.1 Å². The number of fused-ring (bicyclic) bond motifs is 1. The van der Waals surface area contributed by atoms with E-state index in [0.29, 0.717) is 5.75 Å². The highest BCUT2D eigenvalue weighted by atomic mass is 16.5. The maximum absolute atomic E-state index is 12.3. The van der Waals surface area contributed by atoms with E-state index < -0.39 is 0 Å². The molecule has 0 bridgehead atoms. The maximum atomic E-state index is 12.3. The van der Waals surface area contributed by atoms with Gasteiger partial charge < -0.3 is 19.5 Å². The number of benzene rings is 2. The van der Waals surface area contributed by atoms with Gasteiger partial charge >= 0.3 is 0 Å². The smallest absolute Gasteiger partial charge is 0.262 e. The predicted octanol–water partition coefficient (Wildman–Crippen LogP) is 2.51. The molecule has 0 radical (unpaired) electrons. The summed E-state index contributed by atoms with van der Waals surface area (Å²) in [6.07, 6.45) is 5.04. The first kappa shape index (κ1) is 20.4. The van der Waals surface area contributed by atoms with Gasteiger partial charge in [-0.3, -0.25) is 4.79 Å². The van der Waals surface area contributed by atoms with Crippen LogP contribution in [0.2, 0.25) is 0 Å². The van der Waals surface area contributed by atoms with Gasteiger partial charge in [0.15, 0.2) is 6.61 Å². The van der Waals surface area contributed by atoms with Crippen molar-refractivity contribution in [2.24, 2.45) is 7.05 Å². The summed E-state index contributed by atoms with van der Waals surface area (Å²) < 4.78 is 7.76. The van der Waals surface area contributed by atoms with Gasteiger partial charge in [-0.1, -0.05) is 12.1 Å². The summed E-state index contributed by atoms with van der Waals surface area (Å²) in [4.78, 5) is 18.8. The molecule has 0 unspecified atom stereocenters. The van der Waals surface area contributed by atoms with Crippen molar-refractivity contribution in [1.29, 1.82) is 0 Å². The molecule has 158 valence electrons. The molecule has 6 heteroatoms. The molecule has 1 aliphatic heterocycles. The SMILES string of the molecule is Cc1cccc(OCC(=O)Nc2ccc3c(c2)nc(CC[NH+]2CCCCC2)n3C)c1. The number of piperidine rings is 1. The third kappa shape index (κ3) is 5.00. The Bertz CT molecular complexity index is 1020. The van der Waals surface area contributed by atoms with Crippen molar-refractivity contribution < 1.29 is 14.4 Å². The summed E-state index contributed by atoms with van der Waals surface area (Å²) in [5.74, 6) is 1.63. The van der Waals surface area contributed by atoms with E-state index in [4.69, 9.17) is 9.72 Å². The molecule has 6 nitrogen and oxygen atoms in total. The van der Waals surface area contributed by atoms with Crippen molar-refractivity contribution in [3.63, 3.8) is 0 Å². The number of hydrogen-bond acceptors (Lipinski definition) is 3. The third-order valence-corrected chi connectivity index (χ3v) is 5.88. The molecule has 30 heavy (non-hydrogen) atoms. The summed E-state index contributed by atoms with van der Waals surface area (Å²) in [6, 6.07) is 13.6. The summed E-state index contributed by atoms with van der Waals surface area (Å²) >= 11 is 0. The van der Waals surface area contributed by atoms with Crippen LogP contribution in [-0.2, 0) is 18.3 Å². The van der Waals surface area contributed by atoms with Gasteiger partial charge in [0.1, 0.15) is 11.6 Å². The fraction of sp³-hybridized carbons (Fsp3) is 0.417. The van der Waals surface area contributed by atoms with Crippen LogP contribution in [0, 0.1) is 6.92 Å². The Hall–Kier alpha value is -2.86. The average molecular weight is 408 g/mol. The highest BCUT2D eigenvalue weighted by molar-refractivity contribution is 5.94. The lowest BCUT2D eigenvalue weighted by atomic mass is 10.1. The lowest BCUT2D eigenvalue weighted by Gasteiger charge is -2.23. The van der Waals surface area contributed by atoms with Gasteiger partial charge in [0.2, 0.25) is 0 Å². The normalized spacial score (nSPS) is 14.7. The highest BCUT2D eigenvalue weighted by Gasteiger charge is 2.16. The molecule has 1 aliphatic rings. The first-order valence-corrected chi connectivity index (χ1v) is 10.9. The van der Waals surface area contributed by atoms with Crippen LogP contribution in [0.3, 0.4) is 0 Å². The third-order valence-electron chi connectivity index (χ3n) is 5.88. The van der Waals surface area contributed by atoms with Crippen LogP contribution in [0.15, 0.2) is 42.5 Å². The molecule has 0 saturated carbocycles. The Morgan fingerprint density at radius 2 is 2.00 bits per heavy atom. The van der Waals surface area contributed by atoms with E-state index in [1.807, 2.05) is 49.4 Å². The van der Waals surface area contributed by atoms with Crippen molar-refractivity contribution >= 4 is 22.6 Å². The Kier molecular flexibility index (Phi) is 6.33. The second-order valence-corrected chi connectivity index (χ2v) is 8.25. The number of anilines is 1. The number of rotatable bonds is 7. The van der Waals surface area contributed by atoms with Gasteiger partial charge in [0.25, 0.3) is 5.91 Å². The molecule has 1 saturated heterocycles. The average Bonchev–Trinajstić information content (AvgIpc) is 3.06. The van der Waals surface area contributed by atoms with E-state index in [1.165, 1.54) is 32.4 Å². The van der Waals surface area contributed by atoms with E-state index in [2.05, 4.69) is 16.9 Å². The second kappa shape index (κ2) is 9.30. The number of aromatic nitrogens is 2. The van der Waals surface area contributed by atoms with Gasteiger partial charge in [-0.2, -0.15) is 0 Å². The van der Waals surface area contributed by atoms with Crippen LogP contribution in [0.25, 0.3) is 11.0 Å². The van der Waals surface area contributed by atoms with E-state index in [-0.39, 0.29) is 12.5 Å². The van der Waals surface area contributed by atoms with E-state index in [1.54, 1.807) is 4.90 Å². The molecule has 2 heterocycles. The van der Waals surface area contributed by atoms with Crippen molar-refractivity contribution in [3.8, 4) is 5.75 Å². The predicted molar refractivity (Wildman–Crippen MR) is 119 cm³/mol. The van der Waals surface area contributed by atoms with Crippen LogP contribution in [0.4, 0.5) is 5.69 Å². The number of carbonyl (C=O) groups excluding carboxylic acids is 1. The topological polar surface area (TPSA) is 60.6 Å². The number of aryl methyl sites for hydroxylation is 2. The number of ether oxygens (including phenoxy) is 1. The number of carbonyl (C=O) groups is 1. The van der Waals surface area contributed by atoms with Crippen molar-refractivity contribution in [3.05, 3.63) is 53.9 Å². The molecule has 0 spiro atoms. The number of hydrogen-bond donors (Lipinski definition) is 2. The van der Waals surface area contributed by atoms with Crippen molar-refractivity contribution in [2.75, 3.05) is 31.6 Å². The molecule has 2 aromatic carbocycles. The minimum absolute atomic E-state index is 0.0203. The van der Waals surface area contributed by atoms with Gasteiger partial charge in [0, 0.05) is 12.7 Å². The summed E-state index contributed by atoms with van der Waals surface area (Å²) in [5, 5.41) is 2.91. The van der Waals surface area contributed by atoms with Crippen LogP contribution >= 0.6 is 0 Å². The fourth-order valence-corrected chi connectivity index (χ4v) is 4.19. The lowest BCUT2D eigenvalue weighted by Crippen LogP contribution is -3.13. The number of nitrogens with zero attached hydrogens (tertiary/aromatic N) is 2. The molecule has 1 aromatic heterocycles. The standard InChI is InChI=1S/C24H30N4O2/c1-18-7-6-8-20(15-18)30-17-24(29)25-19-9-10-22-21(16-19)26-23(27(22)2)11-14-28-12-4-3-5-13-28/h6-10,15-16H,3-5,11-14,17H2,1-2H3,(H,25,29)/p+1. The van der Waals surface area contributed by atoms with Gasteiger partial charge in [-0.25, -0.2) is 4.98 Å². The molecule has 0 aliphatic carbocycles. The number of likely N-dealkylation sites (tertiary alicyclic amines) is 1. The molecule has 4 rings (SSSR count). The quantitative estimate of drug-likeness (QED) is 0.633. The molecule has 1 fully saturated rings. The van der Waals surface area contributed by atoms with E-state index >= 15 is 0 Å². The number of nitrogens with one attached hydrogen (secondary N) is 2. The molecular formula is C24H31N4O2+. The number of imidazole rings is 1. The zero-order chi connectivity index (χ0) is 20.9. The minimum atomic E-state index is -0.180. The number of amides is 1. The van der Waals surface area contributed by atoms with Gasteiger partial charge in [0.05, 0.1) is 37.1 Å². The highest BCUT2D eigenvalue weighted by Crippen LogP contribution is 2.20. The van der Waals surface area contributed by atoms with Crippen LogP contribution < -0.4 is 15.0 Å². The molecule has 3 aromatic rings. The van der Waals surface area contributed by atoms with Crippen LogP contribution in [0.1, 0.15) is 30.7 Å². The minimum Gasteiger partial charge on any atom is -0.484 e. The van der Waals surface area contributed by atoms with E-state index in [0.717, 1.165) is 41.1 Å². The summed E-state index contributed by atoms with van der Waals surface area (Å²) in [6.45, 7) is 5.68. The monoisotopic (exact) mass is 407 g/mol. The Balaban J connectivity index is 1.37. The van der Waals surface area contributed by atoms with Crippen molar-refractivity contribution in [2.45, 2.75) is 32.6 Å². The zero-order valence-electron chi connectivity index (χ0n) is 17.9. The molecule has 0 atom stereocenters. The first-order valence-electron chi connectivity index (χ1n) is 10.9. The van der Waals surface area contributed by atoms with Gasteiger partial charge in [-0.15, -0.1) is 0 Å². The molecule has 1 amide bonds. The zero-order valence-corrected chi connectivity index (χ0v) is 17.9. The Labute approximate surface area is 177 Å².